The van der Waals surface area contributed by atoms with Crippen LogP contribution in [-0.2, 0) is 0 Å². The van der Waals surface area contributed by atoms with Gasteiger partial charge in [-0.05, 0) is 11.5 Å². The van der Waals surface area contributed by atoms with Crippen LogP contribution in [0.5, 0.6) is 0 Å². The van der Waals surface area contributed by atoms with Crippen LogP contribution in [0.15, 0.2) is 36.5 Å². The first kappa shape index (κ1) is 9.16. The molecule has 2 N–H and O–H groups in total. The number of hydrogen-bond acceptors (Lipinski definition) is 2. The van der Waals surface area contributed by atoms with Crippen molar-refractivity contribution in [2.24, 2.45) is 5.73 Å². The smallest absolute Gasteiger partial charge is 0.0522 e. The van der Waals surface area contributed by atoms with Gasteiger partial charge in [-0.2, -0.15) is 0 Å². The summed E-state index contributed by atoms with van der Waals surface area (Å²) < 4.78 is 0. The molecule has 0 spiro atoms. The molecule has 72 valence electrons. The Morgan fingerprint density at radius 1 is 1.29 bits per heavy atom. The van der Waals surface area contributed by atoms with Gasteiger partial charge in [0.15, 0.2) is 0 Å². The van der Waals surface area contributed by atoms with E-state index in [1.54, 1.807) is 0 Å². The summed E-state index contributed by atoms with van der Waals surface area (Å²) in [7, 11) is 0. The van der Waals surface area contributed by atoms with Gasteiger partial charge < -0.3 is 5.73 Å². The minimum Gasteiger partial charge on any atom is -0.330 e. The van der Waals surface area contributed by atoms with Crippen LogP contribution in [-0.4, -0.2) is 11.5 Å². The average Bonchev–Trinajstić information content (AvgIpc) is 2.27. The van der Waals surface area contributed by atoms with E-state index in [-0.39, 0.29) is 0 Å². The zero-order chi connectivity index (χ0) is 9.97. The molecule has 1 atom stereocenters. The highest BCUT2D eigenvalue weighted by Crippen LogP contribution is 2.22. The predicted octanol–water partition coefficient (Wildman–Crippen LogP) is 2.30. The molecule has 2 rings (SSSR count). The highest BCUT2D eigenvalue weighted by atomic mass is 14.7. The van der Waals surface area contributed by atoms with Crippen molar-refractivity contribution < 1.29 is 0 Å². The summed E-state index contributed by atoms with van der Waals surface area (Å²) in [5.41, 5.74) is 6.76. The highest BCUT2D eigenvalue weighted by Gasteiger charge is 2.08. The van der Waals surface area contributed by atoms with Crippen molar-refractivity contribution in [1.29, 1.82) is 0 Å². The summed E-state index contributed by atoms with van der Waals surface area (Å²) in [4.78, 5) is 4.40. The molecule has 1 aromatic carbocycles. The maximum atomic E-state index is 5.66. The Labute approximate surface area is 83.8 Å². The van der Waals surface area contributed by atoms with E-state index >= 15 is 0 Å². The topological polar surface area (TPSA) is 38.9 Å². The van der Waals surface area contributed by atoms with Crippen LogP contribution >= 0.6 is 0 Å². The Kier molecular flexibility index (Phi) is 2.46. The molecule has 0 aliphatic rings. The first-order chi connectivity index (χ1) is 6.83. The van der Waals surface area contributed by atoms with Crippen LogP contribution in [0.1, 0.15) is 18.5 Å². The van der Waals surface area contributed by atoms with Crippen molar-refractivity contribution in [2.45, 2.75) is 12.8 Å². The van der Waals surface area contributed by atoms with Gasteiger partial charge in [0, 0.05) is 24.0 Å². The van der Waals surface area contributed by atoms with Gasteiger partial charge in [-0.1, -0.05) is 31.2 Å². The lowest BCUT2D eigenvalue weighted by Gasteiger charge is -2.10. The maximum Gasteiger partial charge on any atom is 0.0522 e. The second kappa shape index (κ2) is 3.76. The molecule has 2 aromatic rings. The molecule has 0 bridgehead atoms. The van der Waals surface area contributed by atoms with Gasteiger partial charge in [-0.25, -0.2) is 0 Å². The summed E-state index contributed by atoms with van der Waals surface area (Å²) >= 11 is 0. The van der Waals surface area contributed by atoms with Crippen molar-refractivity contribution in [1.82, 2.24) is 4.98 Å². The van der Waals surface area contributed by atoms with E-state index in [0.717, 1.165) is 5.69 Å². The van der Waals surface area contributed by atoms with Crippen molar-refractivity contribution in [2.75, 3.05) is 6.54 Å². The van der Waals surface area contributed by atoms with Crippen LogP contribution in [0.2, 0.25) is 0 Å². The number of benzene rings is 1. The lowest BCUT2D eigenvalue weighted by Crippen LogP contribution is -2.10. The first-order valence-corrected chi connectivity index (χ1v) is 4.86. The Hall–Kier alpha value is -1.41. The standard InChI is InChI=1S/C12H14N2/c1-9(8-13)12-11-5-3-2-4-10(11)6-7-14-12/h2-7,9H,8,13H2,1H3/t9-/m0/s1. The summed E-state index contributed by atoms with van der Waals surface area (Å²) in [6.07, 6.45) is 1.85. The minimum absolute atomic E-state index is 0.320. The van der Waals surface area contributed by atoms with E-state index in [2.05, 4.69) is 24.0 Å². The van der Waals surface area contributed by atoms with Crippen molar-refractivity contribution in [3.8, 4) is 0 Å². The van der Waals surface area contributed by atoms with Crippen molar-refractivity contribution in [3.05, 3.63) is 42.2 Å². The van der Waals surface area contributed by atoms with Gasteiger partial charge >= 0.3 is 0 Å². The number of nitrogens with two attached hydrogens (primary N) is 1. The van der Waals surface area contributed by atoms with Gasteiger partial charge in [0.05, 0.1) is 5.69 Å². The second-order valence-corrected chi connectivity index (χ2v) is 3.55. The van der Waals surface area contributed by atoms with Gasteiger partial charge in [-0.3, -0.25) is 4.98 Å². The normalized spacial score (nSPS) is 13.0. The van der Waals surface area contributed by atoms with Gasteiger partial charge in [0.25, 0.3) is 0 Å². The number of rotatable bonds is 2. The zero-order valence-electron chi connectivity index (χ0n) is 8.27. The fourth-order valence-electron chi connectivity index (χ4n) is 1.65. The third-order valence-corrected chi connectivity index (χ3v) is 2.52. The van der Waals surface area contributed by atoms with Gasteiger partial charge in [0.1, 0.15) is 0 Å². The number of nitrogens with zero attached hydrogens (tertiary/aromatic N) is 1. The summed E-state index contributed by atoms with van der Waals surface area (Å²) in [5, 5.41) is 2.45. The van der Waals surface area contributed by atoms with Crippen molar-refractivity contribution in [3.63, 3.8) is 0 Å². The number of fused-ring (bicyclic) bond motifs is 1. The Balaban J connectivity index is 2.65. The SMILES string of the molecule is C[C@@H](CN)c1nccc2ccccc12. The average molecular weight is 186 g/mol. The van der Waals surface area contributed by atoms with Crippen molar-refractivity contribution >= 4 is 10.8 Å². The fraction of sp³-hybridized carbons (Fsp3) is 0.250. The van der Waals surface area contributed by atoms with Crippen LogP contribution in [0.25, 0.3) is 10.8 Å². The van der Waals surface area contributed by atoms with Crippen LogP contribution < -0.4 is 5.73 Å². The molecule has 14 heavy (non-hydrogen) atoms. The molecule has 2 heteroatoms. The molecule has 1 heterocycles. The third kappa shape index (κ3) is 1.49. The molecule has 0 aliphatic heterocycles. The van der Waals surface area contributed by atoms with Crippen LogP contribution in [0, 0.1) is 0 Å². The summed E-state index contributed by atoms with van der Waals surface area (Å²) in [6, 6.07) is 10.3. The molecule has 0 amide bonds. The van der Waals surface area contributed by atoms with Gasteiger partial charge in [-0.15, -0.1) is 0 Å². The number of pyridine rings is 1. The fourth-order valence-corrected chi connectivity index (χ4v) is 1.65. The molecule has 2 nitrogen and oxygen atoms in total. The molecule has 0 saturated carbocycles. The molecular weight excluding hydrogens is 172 g/mol. The molecule has 0 radical (unpaired) electrons. The Morgan fingerprint density at radius 3 is 2.86 bits per heavy atom. The molecule has 0 aliphatic carbocycles. The van der Waals surface area contributed by atoms with E-state index in [1.807, 2.05) is 24.4 Å². The van der Waals surface area contributed by atoms with E-state index in [9.17, 15) is 0 Å². The van der Waals surface area contributed by atoms with E-state index in [0.29, 0.717) is 12.5 Å². The predicted molar refractivity (Wildman–Crippen MR) is 59.2 cm³/mol. The largest absolute Gasteiger partial charge is 0.330 e. The summed E-state index contributed by atoms with van der Waals surface area (Å²) in [5.74, 6) is 0.320. The van der Waals surface area contributed by atoms with Crippen LogP contribution in [0.3, 0.4) is 0 Å². The summed E-state index contributed by atoms with van der Waals surface area (Å²) in [6.45, 7) is 2.75. The quantitative estimate of drug-likeness (QED) is 0.781. The molecule has 0 fully saturated rings. The number of aromatic nitrogens is 1. The monoisotopic (exact) mass is 186 g/mol. The minimum atomic E-state index is 0.320. The molecule has 1 aromatic heterocycles. The van der Waals surface area contributed by atoms with E-state index in [4.69, 9.17) is 5.73 Å². The highest BCUT2D eigenvalue weighted by molar-refractivity contribution is 5.84. The third-order valence-electron chi connectivity index (χ3n) is 2.52. The number of hydrogen-bond donors (Lipinski definition) is 1. The van der Waals surface area contributed by atoms with Crippen LogP contribution in [0.4, 0.5) is 0 Å². The zero-order valence-corrected chi connectivity index (χ0v) is 8.27. The van der Waals surface area contributed by atoms with E-state index in [1.165, 1.54) is 10.8 Å². The maximum absolute atomic E-state index is 5.66. The first-order valence-electron chi connectivity index (χ1n) is 4.86. The van der Waals surface area contributed by atoms with Gasteiger partial charge in [0.2, 0.25) is 0 Å². The van der Waals surface area contributed by atoms with E-state index < -0.39 is 0 Å². The lowest BCUT2D eigenvalue weighted by atomic mass is 10.0. The molecular formula is C12H14N2. The lowest BCUT2D eigenvalue weighted by molar-refractivity contribution is 0.753. The Bertz CT molecular complexity index is 432. The molecule has 0 unspecified atom stereocenters. The molecule has 0 saturated heterocycles. The second-order valence-electron chi connectivity index (χ2n) is 3.55. The Morgan fingerprint density at radius 2 is 2.07 bits per heavy atom.